The van der Waals surface area contributed by atoms with Crippen molar-refractivity contribution in [3.05, 3.63) is 12.3 Å². The number of nitrogens with zero attached hydrogens (tertiary/aromatic N) is 4. The highest BCUT2D eigenvalue weighted by molar-refractivity contribution is 8.02. The number of anilines is 2. The zero-order valence-corrected chi connectivity index (χ0v) is 13.7. The van der Waals surface area contributed by atoms with Crippen molar-refractivity contribution in [1.29, 1.82) is 0 Å². The number of nitrogens with two attached hydrogens (primary N) is 1. The normalized spacial score (nSPS) is 13.9. The Labute approximate surface area is 131 Å². The van der Waals surface area contributed by atoms with E-state index in [-0.39, 0.29) is 17.2 Å². The Morgan fingerprint density at radius 1 is 1.52 bits per heavy atom. The van der Waals surface area contributed by atoms with E-state index < -0.39 is 0 Å². The second-order valence-electron chi connectivity index (χ2n) is 4.57. The van der Waals surface area contributed by atoms with Gasteiger partial charge in [-0.1, -0.05) is 30.0 Å². The number of carbonyl (C=O) groups is 1. The topological polar surface area (TPSA) is 98.7 Å². The van der Waals surface area contributed by atoms with E-state index in [2.05, 4.69) is 34.5 Å². The fraction of sp³-hybridized carbons (Fsp3) is 0.500. The van der Waals surface area contributed by atoms with Crippen LogP contribution in [0.25, 0.3) is 0 Å². The molecule has 0 fully saturated rings. The van der Waals surface area contributed by atoms with Gasteiger partial charge in [0.2, 0.25) is 11.0 Å². The van der Waals surface area contributed by atoms with Crippen LogP contribution in [-0.4, -0.2) is 31.1 Å². The number of rotatable bonds is 6. The van der Waals surface area contributed by atoms with Gasteiger partial charge in [-0.3, -0.25) is 4.79 Å². The number of amides is 1. The summed E-state index contributed by atoms with van der Waals surface area (Å²) in [5.74, 6) is 0.609. The Morgan fingerprint density at radius 3 is 2.90 bits per heavy atom. The molecule has 7 nitrogen and oxygen atoms in total. The summed E-state index contributed by atoms with van der Waals surface area (Å²) in [4.78, 5) is 12.2. The van der Waals surface area contributed by atoms with Crippen molar-refractivity contribution in [2.75, 3.05) is 11.1 Å². The highest BCUT2D eigenvalue weighted by Gasteiger charge is 2.19. The molecule has 0 aliphatic rings. The molecule has 9 heteroatoms. The maximum atomic E-state index is 12.2. The van der Waals surface area contributed by atoms with Crippen LogP contribution in [0.2, 0.25) is 0 Å². The van der Waals surface area contributed by atoms with E-state index >= 15 is 0 Å². The highest BCUT2D eigenvalue weighted by atomic mass is 32.2. The lowest BCUT2D eigenvalue weighted by Crippen LogP contribution is -2.24. The maximum absolute atomic E-state index is 12.2. The second-order valence-corrected chi connectivity index (χ2v) is 7.17. The van der Waals surface area contributed by atoms with Gasteiger partial charge < -0.3 is 11.1 Å². The summed E-state index contributed by atoms with van der Waals surface area (Å²) in [6.07, 6.45) is 2.63. The molecular formula is C12H18N6OS2. The van der Waals surface area contributed by atoms with Crippen molar-refractivity contribution in [3.63, 3.8) is 0 Å². The summed E-state index contributed by atoms with van der Waals surface area (Å²) < 4.78 is 2.50. The van der Waals surface area contributed by atoms with E-state index in [1.807, 2.05) is 11.6 Å². The van der Waals surface area contributed by atoms with Gasteiger partial charge in [-0.25, -0.2) is 4.68 Å². The zero-order chi connectivity index (χ0) is 15.4. The first-order valence-corrected chi connectivity index (χ1v) is 8.30. The molecule has 2 rings (SSSR count). The lowest BCUT2D eigenvalue weighted by Gasteiger charge is -2.15. The molecule has 114 valence electrons. The summed E-state index contributed by atoms with van der Waals surface area (Å²) >= 11 is 2.61. The first-order valence-electron chi connectivity index (χ1n) is 6.61. The van der Waals surface area contributed by atoms with Crippen LogP contribution in [0.5, 0.6) is 0 Å². The number of thioether (sulfide) groups is 1. The summed E-state index contributed by atoms with van der Waals surface area (Å²) in [6, 6.07) is 2.03. The number of carbonyl (C=O) groups excluding carboxylic acids is 1. The predicted octanol–water partition coefficient (Wildman–Crippen LogP) is 2.41. The Hall–Kier alpha value is -1.61. The molecular weight excluding hydrogens is 308 g/mol. The second kappa shape index (κ2) is 6.90. The summed E-state index contributed by atoms with van der Waals surface area (Å²) in [5.41, 5.74) is 5.53. The summed E-state index contributed by atoms with van der Waals surface area (Å²) in [6.45, 7) is 5.96. The molecule has 0 unspecified atom stereocenters. The third kappa shape index (κ3) is 3.94. The van der Waals surface area contributed by atoms with Crippen molar-refractivity contribution in [2.24, 2.45) is 0 Å². The van der Waals surface area contributed by atoms with Gasteiger partial charge in [-0.05, 0) is 20.3 Å². The van der Waals surface area contributed by atoms with Gasteiger partial charge in [-0.15, -0.1) is 10.2 Å². The Morgan fingerprint density at radius 2 is 2.29 bits per heavy atom. The molecule has 2 aromatic heterocycles. The van der Waals surface area contributed by atoms with E-state index in [0.29, 0.717) is 15.3 Å². The zero-order valence-electron chi connectivity index (χ0n) is 12.1. The lowest BCUT2D eigenvalue weighted by atomic mass is 10.3. The Bertz CT molecular complexity index is 610. The van der Waals surface area contributed by atoms with Gasteiger partial charge in [0.15, 0.2) is 4.34 Å². The quantitative estimate of drug-likeness (QED) is 0.791. The molecule has 0 aromatic carbocycles. The maximum Gasteiger partial charge on any atom is 0.238 e. The van der Waals surface area contributed by atoms with E-state index in [0.717, 1.165) is 6.42 Å². The lowest BCUT2D eigenvalue weighted by molar-refractivity contribution is -0.115. The molecule has 1 amide bonds. The van der Waals surface area contributed by atoms with Crippen molar-refractivity contribution in [2.45, 2.75) is 42.8 Å². The molecule has 0 radical (unpaired) electrons. The number of hydrogen-bond acceptors (Lipinski definition) is 7. The standard InChI is InChI=1S/C12H18N6OS2/c1-4-7(2)18-9(5-6-14-18)15-10(19)8(3)20-12-17-16-11(13)21-12/h5-8H,4H2,1-3H3,(H2,13,16)(H,15,19)/t7-,8-/m1/s1. The van der Waals surface area contributed by atoms with Gasteiger partial charge in [-0.2, -0.15) is 5.10 Å². The van der Waals surface area contributed by atoms with E-state index in [9.17, 15) is 4.79 Å². The minimum atomic E-state index is -0.294. The van der Waals surface area contributed by atoms with Crippen molar-refractivity contribution in [1.82, 2.24) is 20.0 Å². The van der Waals surface area contributed by atoms with Crippen LogP contribution in [0.1, 0.15) is 33.2 Å². The summed E-state index contributed by atoms with van der Waals surface area (Å²) in [5, 5.41) is 14.9. The predicted molar refractivity (Wildman–Crippen MR) is 85.5 cm³/mol. The van der Waals surface area contributed by atoms with Gasteiger partial charge >= 0.3 is 0 Å². The minimum absolute atomic E-state index is 0.0983. The average molecular weight is 326 g/mol. The minimum Gasteiger partial charge on any atom is -0.374 e. The summed E-state index contributed by atoms with van der Waals surface area (Å²) in [7, 11) is 0. The molecule has 2 atom stereocenters. The van der Waals surface area contributed by atoms with Crippen LogP contribution in [0, 0.1) is 0 Å². The third-order valence-corrected chi connectivity index (χ3v) is 4.94. The van der Waals surface area contributed by atoms with Gasteiger partial charge in [0.25, 0.3) is 0 Å². The number of nitrogen functional groups attached to an aromatic ring is 1. The van der Waals surface area contributed by atoms with E-state index in [4.69, 9.17) is 5.73 Å². The Kier molecular flexibility index (Phi) is 5.18. The fourth-order valence-corrected chi connectivity index (χ4v) is 3.42. The molecule has 21 heavy (non-hydrogen) atoms. The monoisotopic (exact) mass is 326 g/mol. The fourth-order valence-electron chi connectivity index (χ4n) is 1.64. The molecule has 0 saturated heterocycles. The third-order valence-electron chi connectivity index (χ3n) is 3.00. The number of aromatic nitrogens is 4. The molecule has 0 saturated carbocycles. The van der Waals surface area contributed by atoms with Crippen LogP contribution < -0.4 is 11.1 Å². The van der Waals surface area contributed by atoms with Crippen LogP contribution in [-0.2, 0) is 4.79 Å². The van der Waals surface area contributed by atoms with Crippen LogP contribution in [0.15, 0.2) is 16.6 Å². The number of hydrogen-bond donors (Lipinski definition) is 2. The average Bonchev–Trinajstić information content (AvgIpc) is 3.07. The first kappa shape index (κ1) is 15.8. The number of nitrogens with one attached hydrogen (secondary N) is 1. The highest BCUT2D eigenvalue weighted by Crippen LogP contribution is 2.28. The van der Waals surface area contributed by atoms with Crippen LogP contribution in [0.4, 0.5) is 10.9 Å². The van der Waals surface area contributed by atoms with Crippen LogP contribution in [0.3, 0.4) is 0 Å². The molecule has 2 heterocycles. The first-order chi connectivity index (χ1) is 10.0. The molecule has 0 aliphatic carbocycles. The Balaban J connectivity index is 1.99. The van der Waals surface area contributed by atoms with Crippen LogP contribution >= 0.6 is 23.1 Å². The van der Waals surface area contributed by atoms with Gasteiger partial charge in [0.05, 0.1) is 17.5 Å². The molecule has 0 bridgehead atoms. The molecule has 0 aliphatic heterocycles. The van der Waals surface area contributed by atoms with E-state index in [1.165, 1.54) is 23.1 Å². The van der Waals surface area contributed by atoms with Crippen molar-refractivity contribution >= 4 is 40.0 Å². The van der Waals surface area contributed by atoms with Crippen molar-refractivity contribution < 1.29 is 4.79 Å². The largest absolute Gasteiger partial charge is 0.374 e. The molecule has 3 N–H and O–H groups in total. The van der Waals surface area contributed by atoms with Gasteiger partial charge in [0, 0.05) is 6.07 Å². The van der Waals surface area contributed by atoms with E-state index in [1.54, 1.807) is 12.3 Å². The van der Waals surface area contributed by atoms with Gasteiger partial charge in [0.1, 0.15) is 5.82 Å². The SMILES string of the molecule is CC[C@@H](C)n1nccc1NC(=O)[C@@H](C)Sc1nnc(N)s1. The van der Waals surface area contributed by atoms with Crippen molar-refractivity contribution in [3.8, 4) is 0 Å². The molecule has 2 aromatic rings. The molecule has 0 spiro atoms. The smallest absolute Gasteiger partial charge is 0.238 e.